The third-order valence-corrected chi connectivity index (χ3v) is 3.07. The normalized spacial score (nSPS) is 10.6. The van der Waals surface area contributed by atoms with Gasteiger partial charge in [0, 0.05) is 12.1 Å². The van der Waals surface area contributed by atoms with E-state index in [-0.39, 0.29) is 12.4 Å². The number of aliphatic hydroxyl groups is 1. The number of hydrogen-bond acceptors (Lipinski definition) is 2. The number of aliphatic hydroxyl groups excluding tert-OH is 1. The maximum absolute atomic E-state index is 13.4. The second kappa shape index (κ2) is 7.02. The average molecular weight is 259 g/mol. The van der Waals surface area contributed by atoms with Gasteiger partial charge in [0.05, 0.1) is 6.61 Å². The molecule has 0 aromatic heterocycles. The van der Waals surface area contributed by atoms with Crippen LogP contribution in [0.3, 0.4) is 0 Å². The van der Waals surface area contributed by atoms with E-state index in [2.05, 4.69) is 5.32 Å². The van der Waals surface area contributed by atoms with E-state index < -0.39 is 0 Å². The van der Waals surface area contributed by atoms with E-state index in [1.807, 2.05) is 30.3 Å². The van der Waals surface area contributed by atoms with Crippen LogP contribution < -0.4 is 5.32 Å². The fourth-order valence-corrected chi connectivity index (χ4v) is 1.91. The molecule has 3 heteroatoms. The largest absolute Gasteiger partial charge is 0.392 e. The van der Waals surface area contributed by atoms with Gasteiger partial charge in [0.1, 0.15) is 5.82 Å². The van der Waals surface area contributed by atoms with E-state index in [9.17, 15) is 4.39 Å². The van der Waals surface area contributed by atoms with Gasteiger partial charge < -0.3 is 10.4 Å². The van der Waals surface area contributed by atoms with Crippen molar-refractivity contribution in [1.29, 1.82) is 0 Å². The standard InChI is InChI=1S/C16H18FNO/c17-16-4-2-1-3-15(16)11-18-10-9-13-5-7-14(12-19)8-6-13/h1-8,18-19H,9-12H2. The second-order valence-corrected chi connectivity index (χ2v) is 4.49. The minimum atomic E-state index is -0.165. The molecular weight excluding hydrogens is 241 g/mol. The lowest BCUT2D eigenvalue weighted by Crippen LogP contribution is -2.17. The van der Waals surface area contributed by atoms with E-state index in [0.29, 0.717) is 12.1 Å². The Morgan fingerprint density at radius 2 is 1.63 bits per heavy atom. The Kier molecular flexibility index (Phi) is 5.07. The molecule has 0 heterocycles. The van der Waals surface area contributed by atoms with Gasteiger partial charge >= 0.3 is 0 Å². The van der Waals surface area contributed by atoms with Crippen LogP contribution in [-0.4, -0.2) is 11.7 Å². The van der Waals surface area contributed by atoms with Gasteiger partial charge in [-0.3, -0.25) is 0 Å². The van der Waals surface area contributed by atoms with Gasteiger partial charge in [-0.2, -0.15) is 0 Å². The summed E-state index contributed by atoms with van der Waals surface area (Å²) in [6.07, 6.45) is 0.889. The summed E-state index contributed by atoms with van der Waals surface area (Å²) in [6.45, 7) is 1.42. The fourth-order valence-electron chi connectivity index (χ4n) is 1.91. The lowest BCUT2D eigenvalue weighted by Gasteiger charge is -2.06. The lowest BCUT2D eigenvalue weighted by atomic mass is 10.1. The molecule has 100 valence electrons. The monoisotopic (exact) mass is 259 g/mol. The van der Waals surface area contributed by atoms with Crippen molar-refractivity contribution >= 4 is 0 Å². The van der Waals surface area contributed by atoms with E-state index in [0.717, 1.165) is 18.5 Å². The van der Waals surface area contributed by atoms with Crippen LogP contribution in [0.5, 0.6) is 0 Å². The molecule has 0 aliphatic carbocycles. The van der Waals surface area contributed by atoms with Crippen molar-refractivity contribution in [2.24, 2.45) is 0 Å². The average Bonchev–Trinajstić information content (AvgIpc) is 2.46. The molecule has 19 heavy (non-hydrogen) atoms. The highest BCUT2D eigenvalue weighted by Gasteiger charge is 1.99. The first-order chi connectivity index (χ1) is 9.29. The predicted octanol–water partition coefficient (Wildman–Crippen LogP) is 2.65. The van der Waals surface area contributed by atoms with Crippen molar-refractivity contribution in [3.63, 3.8) is 0 Å². The molecule has 0 bridgehead atoms. The second-order valence-electron chi connectivity index (χ2n) is 4.49. The summed E-state index contributed by atoms with van der Waals surface area (Å²) >= 11 is 0. The molecule has 2 N–H and O–H groups in total. The highest BCUT2D eigenvalue weighted by Crippen LogP contribution is 2.06. The Balaban J connectivity index is 1.76. The molecule has 0 spiro atoms. The van der Waals surface area contributed by atoms with Crippen LogP contribution in [0.4, 0.5) is 4.39 Å². The number of hydrogen-bond donors (Lipinski definition) is 2. The molecule has 0 radical (unpaired) electrons. The molecule has 0 aliphatic heterocycles. The van der Waals surface area contributed by atoms with Crippen molar-refractivity contribution in [3.8, 4) is 0 Å². The smallest absolute Gasteiger partial charge is 0.127 e. The highest BCUT2D eigenvalue weighted by atomic mass is 19.1. The first-order valence-corrected chi connectivity index (χ1v) is 6.42. The summed E-state index contributed by atoms with van der Waals surface area (Å²) in [5, 5.41) is 12.2. The third-order valence-electron chi connectivity index (χ3n) is 3.07. The SMILES string of the molecule is OCc1ccc(CCNCc2ccccc2F)cc1. The zero-order valence-electron chi connectivity index (χ0n) is 10.8. The summed E-state index contributed by atoms with van der Waals surface area (Å²) in [5.74, 6) is -0.165. The molecule has 0 aliphatic rings. The molecule has 0 unspecified atom stereocenters. The molecule has 0 saturated carbocycles. The van der Waals surface area contributed by atoms with E-state index in [4.69, 9.17) is 5.11 Å². The van der Waals surface area contributed by atoms with Crippen molar-refractivity contribution in [1.82, 2.24) is 5.32 Å². The molecule has 2 aromatic rings. The third kappa shape index (κ3) is 4.16. The summed E-state index contributed by atoms with van der Waals surface area (Å²) < 4.78 is 13.4. The summed E-state index contributed by atoms with van der Waals surface area (Å²) in [5.41, 5.74) is 2.82. The molecule has 2 rings (SSSR count). The molecule has 0 amide bonds. The number of halogens is 1. The van der Waals surface area contributed by atoms with Crippen LogP contribution in [0.25, 0.3) is 0 Å². The fraction of sp³-hybridized carbons (Fsp3) is 0.250. The van der Waals surface area contributed by atoms with Gasteiger partial charge in [-0.15, -0.1) is 0 Å². The van der Waals surface area contributed by atoms with Gasteiger partial charge in [0.2, 0.25) is 0 Å². The van der Waals surface area contributed by atoms with E-state index >= 15 is 0 Å². The maximum Gasteiger partial charge on any atom is 0.127 e. The van der Waals surface area contributed by atoms with E-state index in [1.165, 1.54) is 11.6 Å². The number of benzene rings is 2. The Bertz CT molecular complexity index is 510. The summed E-state index contributed by atoms with van der Waals surface area (Å²) in [7, 11) is 0. The summed E-state index contributed by atoms with van der Waals surface area (Å²) in [4.78, 5) is 0. The van der Waals surface area contributed by atoms with Gasteiger partial charge in [-0.05, 0) is 30.2 Å². The lowest BCUT2D eigenvalue weighted by molar-refractivity contribution is 0.282. The van der Waals surface area contributed by atoms with Crippen LogP contribution in [0.15, 0.2) is 48.5 Å². The van der Waals surface area contributed by atoms with Crippen LogP contribution in [0.1, 0.15) is 16.7 Å². The minimum Gasteiger partial charge on any atom is -0.392 e. The minimum absolute atomic E-state index is 0.0752. The quantitative estimate of drug-likeness (QED) is 0.782. The molecular formula is C16H18FNO. The maximum atomic E-state index is 13.4. The Labute approximate surface area is 112 Å². The molecule has 2 nitrogen and oxygen atoms in total. The Morgan fingerprint density at radius 3 is 2.32 bits per heavy atom. The van der Waals surface area contributed by atoms with Gasteiger partial charge in [0.15, 0.2) is 0 Å². The van der Waals surface area contributed by atoms with Crippen molar-refractivity contribution in [2.45, 2.75) is 19.6 Å². The predicted molar refractivity (Wildman–Crippen MR) is 74.2 cm³/mol. The number of nitrogens with one attached hydrogen (secondary N) is 1. The molecule has 2 aromatic carbocycles. The van der Waals surface area contributed by atoms with Gasteiger partial charge in [-0.25, -0.2) is 4.39 Å². The van der Waals surface area contributed by atoms with Crippen LogP contribution in [0.2, 0.25) is 0 Å². The van der Waals surface area contributed by atoms with Crippen molar-refractivity contribution in [3.05, 3.63) is 71.0 Å². The Morgan fingerprint density at radius 1 is 0.947 bits per heavy atom. The first-order valence-electron chi connectivity index (χ1n) is 6.42. The van der Waals surface area contributed by atoms with Crippen molar-refractivity contribution < 1.29 is 9.50 Å². The van der Waals surface area contributed by atoms with E-state index in [1.54, 1.807) is 12.1 Å². The topological polar surface area (TPSA) is 32.3 Å². The summed E-state index contributed by atoms with van der Waals surface area (Å²) in [6, 6.07) is 14.7. The molecule has 0 atom stereocenters. The molecule has 0 fully saturated rings. The van der Waals surface area contributed by atoms with Gasteiger partial charge in [0.25, 0.3) is 0 Å². The van der Waals surface area contributed by atoms with Crippen LogP contribution in [-0.2, 0) is 19.6 Å². The molecule has 0 saturated heterocycles. The van der Waals surface area contributed by atoms with Crippen molar-refractivity contribution in [2.75, 3.05) is 6.54 Å². The zero-order valence-corrected chi connectivity index (χ0v) is 10.8. The number of rotatable bonds is 6. The Hall–Kier alpha value is -1.71. The van der Waals surface area contributed by atoms with Crippen LogP contribution in [0, 0.1) is 5.82 Å². The van der Waals surface area contributed by atoms with Gasteiger partial charge in [-0.1, -0.05) is 42.5 Å². The van der Waals surface area contributed by atoms with Crippen LogP contribution >= 0.6 is 0 Å². The highest BCUT2D eigenvalue weighted by molar-refractivity contribution is 5.22. The zero-order chi connectivity index (χ0) is 13.5. The first kappa shape index (κ1) is 13.7.